The number of hydrogen-bond acceptors (Lipinski definition) is 1. The van der Waals surface area contributed by atoms with Crippen molar-refractivity contribution in [3.63, 3.8) is 0 Å². The second kappa shape index (κ2) is 7.20. The molecule has 0 amide bonds. The van der Waals surface area contributed by atoms with Crippen LogP contribution >= 0.6 is 0 Å². The van der Waals surface area contributed by atoms with Crippen molar-refractivity contribution in [2.24, 2.45) is 0 Å². The number of aliphatic hydroxyl groups is 1. The molecule has 1 unspecified atom stereocenters. The third-order valence-corrected chi connectivity index (χ3v) is 2.66. The topological polar surface area (TPSA) is 20.2 Å². The Hall–Kier alpha value is -2.30. The highest BCUT2D eigenvalue weighted by Crippen LogP contribution is 2.02. The fourth-order valence-electron chi connectivity index (χ4n) is 1.67. The van der Waals surface area contributed by atoms with Gasteiger partial charge >= 0.3 is 0 Å². The maximum Gasteiger partial charge on any atom is 0.133 e. The smallest absolute Gasteiger partial charge is 0.133 e. The third-order valence-electron chi connectivity index (χ3n) is 2.66. The van der Waals surface area contributed by atoms with E-state index in [-0.39, 0.29) is 0 Å². The van der Waals surface area contributed by atoms with E-state index in [0.29, 0.717) is 6.42 Å². The Morgan fingerprint density at radius 3 is 2.26 bits per heavy atom. The van der Waals surface area contributed by atoms with E-state index in [4.69, 9.17) is 0 Å². The molecule has 0 fully saturated rings. The van der Waals surface area contributed by atoms with E-state index in [9.17, 15) is 5.11 Å². The fraction of sp³-hybridized carbons (Fsp3) is 0.111. The molecule has 0 saturated carbocycles. The van der Waals surface area contributed by atoms with Crippen LogP contribution in [0.5, 0.6) is 0 Å². The number of hydrogen-bond donors (Lipinski definition) is 1. The van der Waals surface area contributed by atoms with Crippen LogP contribution in [0.15, 0.2) is 66.7 Å². The predicted molar refractivity (Wildman–Crippen MR) is 79.4 cm³/mol. The molecule has 0 radical (unpaired) electrons. The monoisotopic (exact) mass is 248 g/mol. The van der Waals surface area contributed by atoms with Crippen LogP contribution in [0.3, 0.4) is 0 Å². The lowest BCUT2D eigenvalue weighted by Gasteiger charge is -1.95. The van der Waals surface area contributed by atoms with Crippen molar-refractivity contribution >= 4 is 6.08 Å². The average molecular weight is 248 g/mol. The summed E-state index contributed by atoms with van der Waals surface area (Å²) in [5.74, 6) is 5.81. The molecular weight excluding hydrogens is 232 g/mol. The lowest BCUT2D eigenvalue weighted by atomic mass is 10.1. The van der Waals surface area contributed by atoms with Gasteiger partial charge in [-0.2, -0.15) is 0 Å². The van der Waals surface area contributed by atoms with Crippen molar-refractivity contribution in [2.45, 2.75) is 12.5 Å². The van der Waals surface area contributed by atoms with E-state index in [0.717, 1.165) is 11.1 Å². The van der Waals surface area contributed by atoms with Crippen LogP contribution in [0.4, 0.5) is 0 Å². The van der Waals surface area contributed by atoms with Crippen molar-refractivity contribution in [2.75, 3.05) is 0 Å². The van der Waals surface area contributed by atoms with Crippen molar-refractivity contribution in [3.05, 3.63) is 77.9 Å². The van der Waals surface area contributed by atoms with Gasteiger partial charge in [0.1, 0.15) is 6.10 Å². The molecule has 0 bridgehead atoms. The zero-order valence-electron chi connectivity index (χ0n) is 10.7. The van der Waals surface area contributed by atoms with Crippen LogP contribution in [0.1, 0.15) is 11.1 Å². The molecular formula is C18H16O. The van der Waals surface area contributed by atoms with Gasteiger partial charge in [-0.25, -0.2) is 0 Å². The molecule has 1 atom stereocenters. The highest BCUT2D eigenvalue weighted by molar-refractivity contribution is 5.50. The van der Waals surface area contributed by atoms with Gasteiger partial charge in [-0.15, -0.1) is 0 Å². The van der Waals surface area contributed by atoms with Gasteiger partial charge in [-0.1, -0.05) is 78.6 Å². The average Bonchev–Trinajstić information content (AvgIpc) is 2.47. The van der Waals surface area contributed by atoms with Gasteiger partial charge in [-0.3, -0.25) is 0 Å². The van der Waals surface area contributed by atoms with Crippen molar-refractivity contribution < 1.29 is 5.11 Å². The minimum Gasteiger partial charge on any atom is -0.377 e. The largest absolute Gasteiger partial charge is 0.377 e. The Labute approximate surface area is 114 Å². The van der Waals surface area contributed by atoms with Crippen LogP contribution in [0.2, 0.25) is 0 Å². The van der Waals surface area contributed by atoms with Gasteiger partial charge in [0.15, 0.2) is 0 Å². The first-order valence-electron chi connectivity index (χ1n) is 6.28. The van der Waals surface area contributed by atoms with Crippen LogP contribution in [-0.2, 0) is 6.42 Å². The first kappa shape index (κ1) is 13.1. The molecule has 2 rings (SSSR count). The van der Waals surface area contributed by atoms with Crippen molar-refractivity contribution in [1.82, 2.24) is 0 Å². The van der Waals surface area contributed by atoms with E-state index in [1.807, 2.05) is 66.7 Å². The summed E-state index contributed by atoms with van der Waals surface area (Å²) >= 11 is 0. The highest BCUT2D eigenvalue weighted by Gasteiger charge is 1.91. The SMILES string of the molecule is OC(C#CCc1ccccc1)/C=C/c1ccccc1. The van der Waals surface area contributed by atoms with Gasteiger partial charge in [0.25, 0.3) is 0 Å². The highest BCUT2D eigenvalue weighted by atomic mass is 16.3. The number of benzene rings is 2. The first-order valence-corrected chi connectivity index (χ1v) is 6.28. The summed E-state index contributed by atoms with van der Waals surface area (Å²) in [6.07, 6.45) is 3.52. The summed E-state index contributed by atoms with van der Waals surface area (Å²) in [4.78, 5) is 0. The molecule has 94 valence electrons. The lowest BCUT2D eigenvalue weighted by Crippen LogP contribution is -1.96. The maximum atomic E-state index is 9.73. The Morgan fingerprint density at radius 2 is 1.58 bits per heavy atom. The van der Waals surface area contributed by atoms with Gasteiger partial charge in [-0.05, 0) is 17.2 Å². The van der Waals surface area contributed by atoms with Gasteiger partial charge in [0.05, 0.1) is 0 Å². The Kier molecular flexibility index (Phi) is 4.98. The molecule has 0 aliphatic rings. The van der Waals surface area contributed by atoms with Crippen molar-refractivity contribution in [3.8, 4) is 11.8 Å². The summed E-state index contributed by atoms with van der Waals surface area (Å²) < 4.78 is 0. The van der Waals surface area contributed by atoms with Gasteiger partial charge in [0.2, 0.25) is 0 Å². The minimum atomic E-state index is -0.719. The molecule has 1 heteroatoms. The maximum absolute atomic E-state index is 9.73. The summed E-state index contributed by atoms with van der Waals surface area (Å²) in [6, 6.07) is 19.9. The standard InChI is InChI=1S/C18H16O/c19-18(15-14-17-10-5-2-6-11-17)13-7-12-16-8-3-1-4-9-16/h1-6,8-11,14-15,18-19H,12H2/b15-14+. The summed E-state index contributed by atoms with van der Waals surface area (Å²) in [6.45, 7) is 0. The molecule has 1 N–H and O–H groups in total. The van der Waals surface area contributed by atoms with Crippen molar-refractivity contribution in [1.29, 1.82) is 0 Å². The molecule has 0 aromatic heterocycles. The lowest BCUT2D eigenvalue weighted by molar-refractivity contribution is 0.281. The van der Waals surface area contributed by atoms with Crippen LogP contribution in [0.25, 0.3) is 6.08 Å². The zero-order valence-corrected chi connectivity index (χ0v) is 10.7. The molecule has 0 saturated heterocycles. The van der Waals surface area contributed by atoms with E-state index < -0.39 is 6.10 Å². The number of rotatable bonds is 3. The van der Waals surface area contributed by atoms with E-state index in [1.54, 1.807) is 6.08 Å². The van der Waals surface area contributed by atoms with Gasteiger partial charge < -0.3 is 5.11 Å². The van der Waals surface area contributed by atoms with E-state index in [2.05, 4.69) is 11.8 Å². The summed E-state index contributed by atoms with van der Waals surface area (Å²) in [7, 11) is 0. The molecule has 0 spiro atoms. The molecule has 1 nitrogen and oxygen atoms in total. The second-order valence-corrected chi connectivity index (χ2v) is 4.20. The van der Waals surface area contributed by atoms with E-state index in [1.165, 1.54) is 0 Å². The van der Waals surface area contributed by atoms with E-state index >= 15 is 0 Å². The Balaban J connectivity index is 1.88. The summed E-state index contributed by atoms with van der Waals surface area (Å²) in [5.41, 5.74) is 2.22. The first-order chi connectivity index (χ1) is 9.34. The Bertz CT molecular complexity index is 573. The third kappa shape index (κ3) is 4.83. The summed E-state index contributed by atoms with van der Waals surface area (Å²) in [5, 5.41) is 9.73. The normalized spacial score (nSPS) is 11.8. The molecule has 2 aromatic carbocycles. The predicted octanol–water partition coefficient (Wildman–Crippen LogP) is 3.31. The van der Waals surface area contributed by atoms with Crippen LogP contribution in [-0.4, -0.2) is 11.2 Å². The molecule has 2 aromatic rings. The van der Waals surface area contributed by atoms with Gasteiger partial charge in [0, 0.05) is 6.42 Å². The fourth-order valence-corrected chi connectivity index (χ4v) is 1.67. The molecule has 0 aliphatic carbocycles. The van der Waals surface area contributed by atoms with Crippen LogP contribution in [0, 0.1) is 11.8 Å². The quantitative estimate of drug-likeness (QED) is 0.826. The molecule has 0 aliphatic heterocycles. The van der Waals surface area contributed by atoms with Crippen LogP contribution < -0.4 is 0 Å². The minimum absolute atomic E-state index is 0.664. The zero-order chi connectivity index (χ0) is 13.3. The molecule has 0 heterocycles. The second-order valence-electron chi connectivity index (χ2n) is 4.20. The molecule has 19 heavy (non-hydrogen) atoms. The number of aliphatic hydroxyl groups excluding tert-OH is 1. The Morgan fingerprint density at radius 1 is 0.947 bits per heavy atom.